The first kappa shape index (κ1) is 12.6. The zero-order valence-corrected chi connectivity index (χ0v) is 10.9. The lowest BCUT2D eigenvalue weighted by Crippen LogP contribution is -2.54. The van der Waals surface area contributed by atoms with Gasteiger partial charge in [0.1, 0.15) is 5.82 Å². The van der Waals surface area contributed by atoms with Crippen LogP contribution in [0, 0.1) is 5.82 Å². The molecule has 1 aromatic carbocycles. The second-order valence-corrected chi connectivity index (χ2v) is 5.64. The van der Waals surface area contributed by atoms with Crippen molar-refractivity contribution in [2.24, 2.45) is 0 Å². The lowest BCUT2D eigenvalue weighted by Gasteiger charge is -2.40. The molecule has 0 radical (unpaired) electrons. The van der Waals surface area contributed by atoms with E-state index in [9.17, 15) is 9.18 Å². The van der Waals surface area contributed by atoms with Crippen molar-refractivity contribution in [1.82, 2.24) is 10.6 Å². The van der Waals surface area contributed by atoms with Crippen LogP contribution < -0.4 is 10.6 Å². The Balaban J connectivity index is 1.63. The van der Waals surface area contributed by atoms with E-state index in [1.54, 1.807) is 12.1 Å². The van der Waals surface area contributed by atoms with Crippen LogP contribution in [0.4, 0.5) is 4.39 Å². The Morgan fingerprint density at radius 2 is 2.00 bits per heavy atom. The SMILES string of the molecule is O=C(NC1C[C@H]2CCC[C@H](C1)N2)c1cccc(F)c1. The van der Waals surface area contributed by atoms with Gasteiger partial charge < -0.3 is 10.6 Å². The second-order valence-electron chi connectivity index (χ2n) is 5.64. The van der Waals surface area contributed by atoms with Gasteiger partial charge in [-0.05, 0) is 43.9 Å². The lowest BCUT2D eigenvalue weighted by atomic mass is 9.84. The summed E-state index contributed by atoms with van der Waals surface area (Å²) in [6, 6.07) is 7.15. The highest BCUT2D eigenvalue weighted by molar-refractivity contribution is 5.94. The molecule has 2 aliphatic heterocycles. The van der Waals surface area contributed by atoms with E-state index in [2.05, 4.69) is 10.6 Å². The van der Waals surface area contributed by atoms with Gasteiger partial charge in [-0.25, -0.2) is 4.39 Å². The van der Waals surface area contributed by atoms with Crippen LogP contribution in [0.15, 0.2) is 24.3 Å². The number of hydrogen-bond donors (Lipinski definition) is 2. The second kappa shape index (κ2) is 5.29. The van der Waals surface area contributed by atoms with E-state index in [1.807, 2.05) is 0 Å². The van der Waals surface area contributed by atoms with Crippen molar-refractivity contribution in [2.45, 2.75) is 50.2 Å². The molecule has 0 aromatic heterocycles. The molecular weight excluding hydrogens is 243 g/mol. The van der Waals surface area contributed by atoms with Gasteiger partial charge in [0.2, 0.25) is 0 Å². The van der Waals surface area contributed by atoms with E-state index in [0.717, 1.165) is 12.8 Å². The van der Waals surface area contributed by atoms with Gasteiger partial charge in [0.25, 0.3) is 5.91 Å². The molecule has 102 valence electrons. The van der Waals surface area contributed by atoms with E-state index in [1.165, 1.54) is 31.4 Å². The van der Waals surface area contributed by atoms with Crippen molar-refractivity contribution < 1.29 is 9.18 Å². The van der Waals surface area contributed by atoms with Crippen molar-refractivity contribution in [3.63, 3.8) is 0 Å². The van der Waals surface area contributed by atoms with Crippen LogP contribution >= 0.6 is 0 Å². The first-order chi connectivity index (χ1) is 9.20. The van der Waals surface area contributed by atoms with Gasteiger partial charge in [0.15, 0.2) is 0 Å². The summed E-state index contributed by atoms with van der Waals surface area (Å²) in [4.78, 5) is 12.1. The monoisotopic (exact) mass is 262 g/mol. The molecule has 2 atom stereocenters. The van der Waals surface area contributed by atoms with Gasteiger partial charge in [-0.2, -0.15) is 0 Å². The molecule has 0 aliphatic carbocycles. The number of benzene rings is 1. The molecule has 19 heavy (non-hydrogen) atoms. The van der Waals surface area contributed by atoms with E-state index >= 15 is 0 Å². The van der Waals surface area contributed by atoms with Gasteiger partial charge in [0, 0.05) is 23.7 Å². The minimum Gasteiger partial charge on any atom is -0.349 e. The van der Waals surface area contributed by atoms with Gasteiger partial charge in [-0.3, -0.25) is 4.79 Å². The molecular formula is C15H19FN2O. The summed E-state index contributed by atoms with van der Waals surface area (Å²) in [5, 5.41) is 6.64. The van der Waals surface area contributed by atoms with Crippen molar-refractivity contribution in [3.05, 3.63) is 35.6 Å². The van der Waals surface area contributed by atoms with Crippen molar-refractivity contribution >= 4 is 5.91 Å². The van der Waals surface area contributed by atoms with Crippen molar-refractivity contribution in [3.8, 4) is 0 Å². The van der Waals surface area contributed by atoms with Crippen molar-refractivity contribution in [2.75, 3.05) is 0 Å². The minimum atomic E-state index is -0.366. The fraction of sp³-hybridized carbons (Fsp3) is 0.533. The van der Waals surface area contributed by atoms with Crippen LogP contribution in [-0.2, 0) is 0 Å². The number of amides is 1. The summed E-state index contributed by atoms with van der Waals surface area (Å²) in [7, 11) is 0. The van der Waals surface area contributed by atoms with Crippen molar-refractivity contribution in [1.29, 1.82) is 0 Å². The summed E-state index contributed by atoms with van der Waals surface area (Å²) >= 11 is 0. The Hall–Kier alpha value is -1.42. The third-order valence-electron chi connectivity index (χ3n) is 4.14. The van der Waals surface area contributed by atoms with Crippen LogP contribution in [0.25, 0.3) is 0 Å². The molecule has 2 bridgehead atoms. The molecule has 2 heterocycles. The van der Waals surface area contributed by atoms with E-state index in [4.69, 9.17) is 0 Å². The molecule has 0 spiro atoms. The highest BCUT2D eigenvalue weighted by Gasteiger charge is 2.31. The predicted molar refractivity (Wildman–Crippen MR) is 71.5 cm³/mol. The van der Waals surface area contributed by atoms with Gasteiger partial charge in [-0.1, -0.05) is 12.5 Å². The van der Waals surface area contributed by atoms with Gasteiger partial charge in [-0.15, -0.1) is 0 Å². The summed E-state index contributed by atoms with van der Waals surface area (Å²) in [5.74, 6) is -0.528. The zero-order valence-electron chi connectivity index (χ0n) is 10.9. The van der Waals surface area contributed by atoms with Crippen LogP contribution in [0.1, 0.15) is 42.5 Å². The number of nitrogens with one attached hydrogen (secondary N) is 2. The quantitative estimate of drug-likeness (QED) is 0.858. The average Bonchev–Trinajstić information content (AvgIpc) is 2.38. The Morgan fingerprint density at radius 3 is 2.68 bits per heavy atom. The summed E-state index contributed by atoms with van der Waals surface area (Å²) < 4.78 is 13.1. The first-order valence-electron chi connectivity index (χ1n) is 7.03. The maximum Gasteiger partial charge on any atom is 0.251 e. The van der Waals surface area contributed by atoms with Crippen LogP contribution in [0.3, 0.4) is 0 Å². The molecule has 2 N–H and O–H groups in total. The molecule has 2 saturated heterocycles. The third-order valence-corrected chi connectivity index (χ3v) is 4.14. The molecule has 0 unspecified atom stereocenters. The van der Waals surface area contributed by atoms with Crippen LogP contribution in [0.2, 0.25) is 0 Å². The third kappa shape index (κ3) is 2.95. The summed E-state index contributed by atoms with van der Waals surface area (Å²) in [6.45, 7) is 0. The van der Waals surface area contributed by atoms with E-state index < -0.39 is 0 Å². The summed E-state index contributed by atoms with van der Waals surface area (Å²) in [5.41, 5.74) is 0.406. The fourth-order valence-corrected chi connectivity index (χ4v) is 3.28. The largest absolute Gasteiger partial charge is 0.349 e. The Labute approximate surface area is 112 Å². The number of piperidine rings is 2. The van der Waals surface area contributed by atoms with Gasteiger partial charge >= 0.3 is 0 Å². The zero-order chi connectivity index (χ0) is 13.2. The number of fused-ring (bicyclic) bond motifs is 2. The minimum absolute atomic E-state index is 0.163. The lowest BCUT2D eigenvalue weighted by molar-refractivity contribution is 0.0906. The van der Waals surface area contributed by atoms with Crippen LogP contribution in [0.5, 0.6) is 0 Å². The molecule has 1 aromatic rings. The topological polar surface area (TPSA) is 41.1 Å². The molecule has 0 saturated carbocycles. The molecule has 2 aliphatic rings. The summed E-state index contributed by atoms with van der Waals surface area (Å²) in [6.07, 6.45) is 5.65. The van der Waals surface area contributed by atoms with E-state index in [0.29, 0.717) is 17.6 Å². The number of rotatable bonds is 2. The number of halogens is 1. The maximum absolute atomic E-state index is 13.1. The van der Waals surface area contributed by atoms with E-state index in [-0.39, 0.29) is 17.8 Å². The Kier molecular flexibility index (Phi) is 3.51. The fourth-order valence-electron chi connectivity index (χ4n) is 3.28. The predicted octanol–water partition coefficient (Wildman–Crippen LogP) is 2.23. The highest BCUT2D eigenvalue weighted by Crippen LogP contribution is 2.25. The number of carbonyl (C=O) groups excluding carboxylic acids is 1. The molecule has 4 heteroatoms. The first-order valence-corrected chi connectivity index (χ1v) is 7.03. The van der Waals surface area contributed by atoms with Gasteiger partial charge in [0.05, 0.1) is 0 Å². The normalized spacial score (nSPS) is 29.8. The van der Waals surface area contributed by atoms with Crippen LogP contribution in [-0.4, -0.2) is 24.0 Å². The molecule has 3 rings (SSSR count). The number of carbonyl (C=O) groups is 1. The average molecular weight is 262 g/mol. The standard InChI is InChI=1S/C15H19FN2O/c16-11-4-1-3-10(7-11)15(19)18-14-8-12-5-2-6-13(9-14)17-12/h1,3-4,7,12-14,17H,2,5-6,8-9H2,(H,18,19)/t12-,13-/m1/s1. The smallest absolute Gasteiger partial charge is 0.251 e. The molecule has 1 amide bonds. The Morgan fingerprint density at radius 1 is 1.26 bits per heavy atom. The maximum atomic E-state index is 13.1. The Bertz CT molecular complexity index is 465. The molecule has 2 fully saturated rings. The number of hydrogen-bond acceptors (Lipinski definition) is 2. The molecule has 3 nitrogen and oxygen atoms in total. The highest BCUT2D eigenvalue weighted by atomic mass is 19.1.